The van der Waals surface area contributed by atoms with E-state index < -0.39 is 0 Å². The molecule has 4 aromatic rings. The Hall–Kier alpha value is -3.93. The Morgan fingerprint density at radius 3 is 2.26 bits per heavy atom. The van der Waals surface area contributed by atoms with E-state index in [-0.39, 0.29) is 11.9 Å². The highest BCUT2D eigenvalue weighted by molar-refractivity contribution is 5.94. The predicted octanol–water partition coefficient (Wildman–Crippen LogP) is 5.07. The Balaban J connectivity index is 1.35. The molecule has 3 aromatic carbocycles. The second-order valence-electron chi connectivity index (χ2n) is 8.81. The van der Waals surface area contributed by atoms with E-state index in [2.05, 4.69) is 47.5 Å². The predicted molar refractivity (Wildman–Crippen MR) is 137 cm³/mol. The first-order valence-corrected chi connectivity index (χ1v) is 11.8. The van der Waals surface area contributed by atoms with Gasteiger partial charge < -0.3 is 15.1 Å². The number of rotatable bonds is 5. The largest absolute Gasteiger partial charge is 0.363 e. The number of aryl methyl sites for hydroxylation is 1. The van der Waals surface area contributed by atoms with Crippen molar-refractivity contribution in [3.63, 3.8) is 0 Å². The van der Waals surface area contributed by atoms with Gasteiger partial charge in [0.25, 0.3) is 5.91 Å². The third-order valence-corrected chi connectivity index (χ3v) is 6.39. The number of anilines is 2. The molecule has 0 spiro atoms. The molecule has 1 aliphatic heterocycles. The summed E-state index contributed by atoms with van der Waals surface area (Å²) in [6, 6.07) is 26.3. The van der Waals surface area contributed by atoms with E-state index in [0.717, 1.165) is 27.8 Å². The fraction of sp³-hybridized carbons (Fsp3) is 0.250. The van der Waals surface area contributed by atoms with E-state index in [1.165, 1.54) is 5.56 Å². The molecule has 6 heteroatoms. The molecule has 1 fully saturated rings. The third-order valence-electron chi connectivity index (χ3n) is 6.39. The van der Waals surface area contributed by atoms with Gasteiger partial charge in [-0.3, -0.25) is 4.79 Å². The highest BCUT2D eigenvalue weighted by Crippen LogP contribution is 2.27. The van der Waals surface area contributed by atoms with Crippen LogP contribution in [0.3, 0.4) is 0 Å². The van der Waals surface area contributed by atoms with Crippen LogP contribution in [0.25, 0.3) is 10.9 Å². The van der Waals surface area contributed by atoms with Crippen LogP contribution >= 0.6 is 0 Å². The van der Waals surface area contributed by atoms with Gasteiger partial charge in [-0.2, -0.15) is 4.98 Å². The standard InChI is InChI=1S/C28H29N5O/c1-20-12-14-23(15-13-20)27(34)32-16-18-33(19-17-32)28-30-25-11-7-6-10-24(25)26(31-28)29-21(2)22-8-4-3-5-9-22/h3-15,21H,16-19H2,1-2H3,(H,29,30,31)/t21-/m1/s1. The van der Waals surface area contributed by atoms with E-state index >= 15 is 0 Å². The Kier molecular flexibility index (Phi) is 6.12. The van der Waals surface area contributed by atoms with Crippen molar-refractivity contribution in [2.75, 3.05) is 36.4 Å². The third kappa shape index (κ3) is 4.57. The molecule has 0 saturated carbocycles. The van der Waals surface area contributed by atoms with Crippen LogP contribution in [0.2, 0.25) is 0 Å². The number of carbonyl (C=O) groups is 1. The van der Waals surface area contributed by atoms with Crippen molar-refractivity contribution in [2.45, 2.75) is 19.9 Å². The molecule has 1 atom stereocenters. The number of aromatic nitrogens is 2. The number of para-hydroxylation sites is 1. The second kappa shape index (κ2) is 9.51. The number of hydrogen-bond donors (Lipinski definition) is 1. The molecule has 1 saturated heterocycles. The van der Waals surface area contributed by atoms with Gasteiger partial charge in [-0.25, -0.2) is 4.98 Å². The van der Waals surface area contributed by atoms with Gasteiger partial charge in [0.15, 0.2) is 0 Å². The van der Waals surface area contributed by atoms with E-state index in [9.17, 15) is 4.79 Å². The quantitative estimate of drug-likeness (QED) is 0.459. The van der Waals surface area contributed by atoms with E-state index in [4.69, 9.17) is 9.97 Å². The molecule has 5 rings (SSSR count). The lowest BCUT2D eigenvalue weighted by Crippen LogP contribution is -2.49. The van der Waals surface area contributed by atoms with Crippen LogP contribution in [0.1, 0.15) is 34.5 Å². The zero-order chi connectivity index (χ0) is 23.5. The van der Waals surface area contributed by atoms with Crippen molar-refractivity contribution in [2.24, 2.45) is 0 Å². The Morgan fingerprint density at radius 1 is 0.853 bits per heavy atom. The molecule has 1 aliphatic rings. The van der Waals surface area contributed by atoms with Gasteiger partial charge in [0.1, 0.15) is 5.82 Å². The van der Waals surface area contributed by atoms with Crippen molar-refractivity contribution in [1.29, 1.82) is 0 Å². The molecule has 0 unspecified atom stereocenters. The minimum absolute atomic E-state index is 0.0816. The van der Waals surface area contributed by atoms with Crippen molar-refractivity contribution in [3.8, 4) is 0 Å². The van der Waals surface area contributed by atoms with Gasteiger partial charge in [-0.15, -0.1) is 0 Å². The molecule has 172 valence electrons. The number of fused-ring (bicyclic) bond motifs is 1. The molecule has 34 heavy (non-hydrogen) atoms. The summed E-state index contributed by atoms with van der Waals surface area (Å²) in [6.45, 7) is 6.85. The minimum atomic E-state index is 0.0816. The maximum absolute atomic E-state index is 12.9. The van der Waals surface area contributed by atoms with Gasteiger partial charge in [0.05, 0.1) is 5.52 Å². The first-order chi connectivity index (χ1) is 16.6. The van der Waals surface area contributed by atoms with Crippen molar-refractivity contribution >= 4 is 28.6 Å². The van der Waals surface area contributed by atoms with Crippen LogP contribution in [0.5, 0.6) is 0 Å². The molecule has 0 bridgehead atoms. The number of carbonyl (C=O) groups excluding carboxylic acids is 1. The summed E-state index contributed by atoms with van der Waals surface area (Å²) in [5.74, 6) is 1.61. The number of amides is 1. The summed E-state index contributed by atoms with van der Waals surface area (Å²) >= 11 is 0. The fourth-order valence-corrected chi connectivity index (χ4v) is 4.33. The summed E-state index contributed by atoms with van der Waals surface area (Å²) in [4.78, 5) is 26.8. The molecule has 2 heterocycles. The molecular weight excluding hydrogens is 422 g/mol. The average molecular weight is 452 g/mol. The number of hydrogen-bond acceptors (Lipinski definition) is 5. The van der Waals surface area contributed by atoms with Crippen LogP contribution in [0.4, 0.5) is 11.8 Å². The monoisotopic (exact) mass is 451 g/mol. The maximum atomic E-state index is 12.9. The van der Waals surface area contributed by atoms with Crippen LogP contribution in [0, 0.1) is 6.92 Å². The summed E-state index contributed by atoms with van der Waals surface area (Å²) in [5.41, 5.74) is 4.01. The number of benzene rings is 3. The zero-order valence-corrected chi connectivity index (χ0v) is 19.6. The molecule has 1 N–H and O–H groups in total. The molecule has 6 nitrogen and oxygen atoms in total. The summed E-state index contributed by atoms with van der Waals surface area (Å²) in [6.07, 6.45) is 0. The lowest BCUT2D eigenvalue weighted by molar-refractivity contribution is 0.0746. The minimum Gasteiger partial charge on any atom is -0.363 e. The number of nitrogens with zero attached hydrogens (tertiary/aromatic N) is 4. The van der Waals surface area contributed by atoms with Gasteiger partial charge in [0, 0.05) is 43.2 Å². The highest BCUT2D eigenvalue weighted by Gasteiger charge is 2.24. The number of nitrogens with one attached hydrogen (secondary N) is 1. The molecule has 1 amide bonds. The van der Waals surface area contributed by atoms with Crippen LogP contribution in [-0.2, 0) is 0 Å². The Bertz CT molecular complexity index is 1280. The van der Waals surface area contributed by atoms with E-state index in [1.807, 2.05) is 60.4 Å². The first-order valence-electron chi connectivity index (χ1n) is 11.8. The Labute approximate surface area is 200 Å². The maximum Gasteiger partial charge on any atom is 0.253 e. The summed E-state index contributed by atoms with van der Waals surface area (Å²) < 4.78 is 0. The van der Waals surface area contributed by atoms with Gasteiger partial charge in [-0.05, 0) is 43.7 Å². The van der Waals surface area contributed by atoms with Gasteiger partial charge in [-0.1, -0.05) is 60.2 Å². The fourth-order valence-electron chi connectivity index (χ4n) is 4.33. The van der Waals surface area contributed by atoms with Crippen molar-refractivity contribution in [3.05, 3.63) is 95.6 Å². The van der Waals surface area contributed by atoms with E-state index in [0.29, 0.717) is 32.1 Å². The van der Waals surface area contributed by atoms with Gasteiger partial charge in [0.2, 0.25) is 5.95 Å². The normalized spacial score (nSPS) is 14.8. The summed E-state index contributed by atoms with van der Waals surface area (Å²) in [5, 5.41) is 4.59. The summed E-state index contributed by atoms with van der Waals surface area (Å²) in [7, 11) is 0. The Morgan fingerprint density at radius 2 is 1.53 bits per heavy atom. The van der Waals surface area contributed by atoms with Crippen LogP contribution in [-0.4, -0.2) is 47.0 Å². The lowest BCUT2D eigenvalue weighted by atomic mass is 10.1. The highest BCUT2D eigenvalue weighted by atomic mass is 16.2. The molecule has 0 aliphatic carbocycles. The lowest BCUT2D eigenvalue weighted by Gasteiger charge is -2.35. The van der Waals surface area contributed by atoms with Gasteiger partial charge >= 0.3 is 0 Å². The second-order valence-corrected chi connectivity index (χ2v) is 8.81. The van der Waals surface area contributed by atoms with Crippen LogP contribution in [0.15, 0.2) is 78.9 Å². The zero-order valence-electron chi connectivity index (χ0n) is 19.6. The van der Waals surface area contributed by atoms with Crippen molar-refractivity contribution in [1.82, 2.24) is 14.9 Å². The van der Waals surface area contributed by atoms with Crippen LogP contribution < -0.4 is 10.2 Å². The molecule has 1 aromatic heterocycles. The SMILES string of the molecule is Cc1ccc(C(=O)N2CCN(c3nc(N[C@H](C)c4ccccc4)c4ccccc4n3)CC2)cc1. The smallest absolute Gasteiger partial charge is 0.253 e. The molecular formula is C28H29N5O. The topological polar surface area (TPSA) is 61.4 Å². The molecule has 0 radical (unpaired) electrons. The van der Waals surface area contributed by atoms with Crippen molar-refractivity contribution < 1.29 is 4.79 Å². The van der Waals surface area contributed by atoms with E-state index in [1.54, 1.807) is 0 Å². The first kappa shape index (κ1) is 21.9. The average Bonchev–Trinajstić information content (AvgIpc) is 2.89. The number of piperazine rings is 1.